The minimum atomic E-state index is -0.183. The summed E-state index contributed by atoms with van der Waals surface area (Å²) in [5.41, 5.74) is 1.25. The van der Waals surface area contributed by atoms with Gasteiger partial charge in [-0.15, -0.1) is 10.2 Å². The van der Waals surface area contributed by atoms with Crippen molar-refractivity contribution in [2.45, 2.75) is 51.5 Å². The van der Waals surface area contributed by atoms with Crippen LogP contribution in [0.25, 0.3) is 0 Å². The zero-order valence-corrected chi connectivity index (χ0v) is 14.0. The maximum Gasteiger partial charge on any atom is 0.274 e. The summed E-state index contributed by atoms with van der Waals surface area (Å²) >= 11 is 0. The van der Waals surface area contributed by atoms with E-state index in [1.165, 1.54) is 19.3 Å². The number of ether oxygens (including phenoxy) is 1. The van der Waals surface area contributed by atoms with E-state index < -0.39 is 0 Å². The zero-order chi connectivity index (χ0) is 16.8. The monoisotopic (exact) mass is 328 g/mol. The Morgan fingerprint density at radius 2 is 1.92 bits per heavy atom. The Labute approximate surface area is 141 Å². The summed E-state index contributed by atoms with van der Waals surface area (Å²) in [7, 11) is 0. The van der Waals surface area contributed by atoms with Gasteiger partial charge in [-0.3, -0.25) is 9.78 Å². The molecule has 2 N–H and O–H groups in total. The van der Waals surface area contributed by atoms with Crippen molar-refractivity contribution in [1.29, 1.82) is 0 Å². The van der Waals surface area contributed by atoms with E-state index in [1.54, 1.807) is 0 Å². The number of hydrogen-bond acceptors (Lipinski definition) is 5. The molecule has 0 atom stereocenters. The van der Waals surface area contributed by atoms with E-state index in [0.717, 1.165) is 24.2 Å². The van der Waals surface area contributed by atoms with Crippen molar-refractivity contribution in [1.82, 2.24) is 15.2 Å². The fourth-order valence-corrected chi connectivity index (χ4v) is 3.04. The van der Waals surface area contributed by atoms with Crippen molar-refractivity contribution in [2.24, 2.45) is 0 Å². The third kappa shape index (κ3) is 4.34. The first-order chi connectivity index (χ1) is 11.7. The Balaban J connectivity index is 1.64. The molecule has 1 fully saturated rings. The van der Waals surface area contributed by atoms with E-state index >= 15 is 0 Å². The molecule has 3 rings (SSSR count). The average molecular weight is 328 g/mol. The first kappa shape index (κ1) is 16.5. The van der Waals surface area contributed by atoms with Gasteiger partial charge in [0.25, 0.3) is 5.56 Å². The van der Waals surface area contributed by atoms with Crippen LogP contribution in [0.3, 0.4) is 0 Å². The molecule has 1 aliphatic rings. The Morgan fingerprint density at radius 3 is 2.58 bits per heavy atom. The molecule has 1 aromatic carbocycles. The summed E-state index contributed by atoms with van der Waals surface area (Å²) in [6, 6.07) is 8.08. The smallest absolute Gasteiger partial charge is 0.274 e. The topological polar surface area (TPSA) is 79.9 Å². The quantitative estimate of drug-likeness (QED) is 0.852. The predicted molar refractivity (Wildman–Crippen MR) is 93.6 cm³/mol. The van der Waals surface area contributed by atoms with Gasteiger partial charge in [-0.05, 0) is 37.5 Å². The van der Waals surface area contributed by atoms with E-state index in [0.29, 0.717) is 30.7 Å². The van der Waals surface area contributed by atoms with Crippen molar-refractivity contribution in [3.8, 4) is 5.75 Å². The fraction of sp³-hybridized carbons (Fsp3) is 0.500. The van der Waals surface area contributed by atoms with Crippen molar-refractivity contribution in [2.75, 3.05) is 11.9 Å². The number of rotatable bonds is 6. The standard InChI is InChI=1S/C18H24N4O2/c1-2-24-15-10-8-13(9-11-15)12-16-17(23)20-18(22-21-16)19-14-6-4-3-5-7-14/h8-11,14H,2-7,12H2,1H3,(H2,19,20,22,23). The molecule has 1 heterocycles. The van der Waals surface area contributed by atoms with Crippen LogP contribution >= 0.6 is 0 Å². The Hall–Kier alpha value is -2.37. The maximum absolute atomic E-state index is 12.2. The van der Waals surface area contributed by atoms with Crippen LogP contribution in [0.4, 0.5) is 5.95 Å². The first-order valence-electron chi connectivity index (χ1n) is 8.68. The highest BCUT2D eigenvalue weighted by atomic mass is 16.5. The number of aromatic amines is 1. The van der Waals surface area contributed by atoms with E-state index in [4.69, 9.17) is 4.74 Å². The lowest BCUT2D eigenvalue weighted by atomic mass is 9.96. The molecular weight excluding hydrogens is 304 g/mol. The molecule has 24 heavy (non-hydrogen) atoms. The van der Waals surface area contributed by atoms with Crippen molar-refractivity contribution >= 4 is 5.95 Å². The number of nitrogens with one attached hydrogen (secondary N) is 2. The molecule has 1 aliphatic carbocycles. The highest BCUT2D eigenvalue weighted by Gasteiger charge is 2.14. The van der Waals surface area contributed by atoms with Crippen LogP contribution < -0.4 is 15.6 Å². The number of anilines is 1. The summed E-state index contributed by atoms with van der Waals surface area (Å²) in [6.07, 6.45) is 6.45. The second kappa shape index (κ2) is 7.95. The first-order valence-corrected chi connectivity index (χ1v) is 8.68. The highest BCUT2D eigenvalue weighted by molar-refractivity contribution is 5.30. The molecule has 0 radical (unpaired) electrons. The number of H-pyrrole nitrogens is 1. The average Bonchev–Trinajstić information content (AvgIpc) is 2.60. The van der Waals surface area contributed by atoms with Gasteiger partial charge in [-0.25, -0.2) is 0 Å². The molecular formula is C18H24N4O2. The molecule has 1 saturated carbocycles. The van der Waals surface area contributed by atoms with Crippen LogP contribution in [0, 0.1) is 0 Å². The molecule has 0 aliphatic heterocycles. The molecule has 6 heteroatoms. The van der Waals surface area contributed by atoms with Crippen LogP contribution in [0.2, 0.25) is 0 Å². The number of benzene rings is 1. The van der Waals surface area contributed by atoms with Crippen LogP contribution in [-0.4, -0.2) is 27.8 Å². The minimum Gasteiger partial charge on any atom is -0.494 e. The summed E-state index contributed by atoms with van der Waals surface area (Å²) in [5, 5.41) is 11.5. The lowest BCUT2D eigenvalue weighted by Gasteiger charge is -2.22. The van der Waals surface area contributed by atoms with Crippen LogP contribution in [0.1, 0.15) is 50.3 Å². The number of nitrogens with zero attached hydrogens (tertiary/aromatic N) is 2. The molecule has 6 nitrogen and oxygen atoms in total. The maximum atomic E-state index is 12.2. The van der Waals surface area contributed by atoms with Crippen LogP contribution in [-0.2, 0) is 6.42 Å². The SMILES string of the molecule is CCOc1ccc(Cc2nnc(NC3CCCCC3)[nH]c2=O)cc1. The molecule has 2 aromatic rings. The predicted octanol–water partition coefficient (Wildman–Crippen LogP) is 2.90. The molecule has 0 unspecified atom stereocenters. The lowest BCUT2D eigenvalue weighted by molar-refractivity contribution is 0.340. The molecule has 0 spiro atoms. The van der Waals surface area contributed by atoms with E-state index in [9.17, 15) is 4.79 Å². The van der Waals surface area contributed by atoms with Crippen LogP contribution in [0.5, 0.6) is 5.75 Å². The second-order valence-electron chi connectivity index (χ2n) is 6.18. The van der Waals surface area contributed by atoms with Crippen LogP contribution in [0.15, 0.2) is 29.1 Å². The number of hydrogen-bond donors (Lipinski definition) is 2. The van der Waals surface area contributed by atoms with Gasteiger partial charge in [-0.2, -0.15) is 0 Å². The number of aromatic nitrogens is 3. The Bertz CT molecular complexity index is 706. The molecule has 128 valence electrons. The largest absolute Gasteiger partial charge is 0.494 e. The van der Waals surface area contributed by atoms with E-state index in [2.05, 4.69) is 20.5 Å². The minimum absolute atomic E-state index is 0.183. The Kier molecular flexibility index (Phi) is 5.46. The molecule has 0 bridgehead atoms. The lowest BCUT2D eigenvalue weighted by Crippen LogP contribution is -2.27. The molecule has 0 amide bonds. The third-order valence-corrected chi connectivity index (χ3v) is 4.32. The van der Waals surface area contributed by atoms with Gasteiger partial charge < -0.3 is 10.1 Å². The van der Waals surface area contributed by atoms with Gasteiger partial charge in [0.1, 0.15) is 11.4 Å². The van der Waals surface area contributed by atoms with Gasteiger partial charge in [0.15, 0.2) is 0 Å². The van der Waals surface area contributed by atoms with E-state index in [1.807, 2.05) is 31.2 Å². The second-order valence-corrected chi connectivity index (χ2v) is 6.18. The normalized spacial score (nSPS) is 15.2. The molecule has 1 aromatic heterocycles. The summed E-state index contributed by atoms with van der Waals surface area (Å²) in [6.45, 7) is 2.59. The fourth-order valence-electron chi connectivity index (χ4n) is 3.04. The third-order valence-electron chi connectivity index (χ3n) is 4.32. The Morgan fingerprint density at radius 1 is 1.17 bits per heavy atom. The zero-order valence-electron chi connectivity index (χ0n) is 14.0. The van der Waals surface area contributed by atoms with Crippen molar-refractivity contribution < 1.29 is 4.74 Å². The van der Waals surface area contributed by atoms with Gasteiger partial charge in [0, 0.05) is 12.5 Å². The summed E-state index contributed by atoms with van der Waals surface area (Å²) in [4.78, 5) is 15.0. The van der Waals surface area contributed by atoms with Gasteiger partial charge in [0.05, 0.1) is 6.61 Å². The van der Waals surface area contributed by atoms with Gasteiger partial charge >= 0.3 is 0 Å². The van der Waals surface area contributed by atoms with E-state index in [-0.39, 0.29) is 5.56 Å². The van der Waals surface area contributed by atoms with Crippen molar-refractivity contribution in [3.63, 3.8) is 0 Å². The summed E-state index contributed by atoms with van der Waals surface area (Å²) < 4.78 is 5.42. The highest BCUT2D eigenvalue weighted by Crippen LogP contribution is 2.19. The van der Waals surface area contributed by atoms with Crippen molar-refractivity contribution in [3.05, 3.63) is 45.9 Å². The summed E-state index contributed by atoms with van der Waals surface area (Å²) in [5.74, 6) is 1.30. The van der Waals surface area contributed by atoms with Gasteiger partial charge in [0.2, 0.25) is 5.95 Å². The van der Waals surface area contributed by atoms with Gasteiger partial charge in [-0.1, -0.05) is 31.4 Å². The molecule has 0 saturated heterocycles.